The summed E-state index contributed by atoms with van der Waals surface area (Å²) >= 11 is 0. The molecule has 88 valence electrons. The van der Waals surface area contributed by atoms with Gasteiger partial charge in [0.15, 0.2) is 0 Å². The first-order valence-corrected chi connectivity index (χ1v) is 5.66. The molecule has 0 saturated carbocycles. The third-order valence-corrected chi connectivity index (χ3v) is 2.38. The molecule has 0 aliphatic heterocycles. The number of aryl methyl sites for hydroxylation is 1. The number of nitrogens with zero attached hydrogens (tertiary/aromatic N) is 1. The quantitative estimate of drug-likeness (QED) is 0.745. The van der Waals surface area contributed by atoms with E-state index in [1.165, 1.54) is 16.8 Å². The van der Waals surface area contributed by atoms with Gasteiger partial charge in [0.2, 0.25) is 0 Å². The van der Waals surface area contributed by atoms with Gasteiger partial charge in [0.25, 0.3) is 0 Å². The van der Waals surface area contributed by atoms with Gasteiger partial charge in [-0.15, -0.1) is 0 Å². The lowest BCUT2D eigenvalue weighted by Gasteiger charge is -2.13. The molecular formula is C13H21N3. The van der Waals surface area contributed by atoms with Crippen molar-refractivity contribution >= 4 is 0 Å². The van der Waals surface area contributed by atoms with E-state index in [2.05, 4.69) is 48.7 Å². The standard InChI is InChI=1S/C13H21N3/c1-10(2)13(16-14-4)6-5-12-7-11(3)8-15-9-12/h6-10,14,16H,5H2,1-4H3/b13-6-. The number of hydrogen-bond donors (Lipinski definition) is 2. The average molecular weight is 219 g/mol. The normalized spacial score (nSPS) is 11.9. The maximum Gasteiger partial charge on any atom is 0.0303 e. The van der Waals surface area contributed by atoms with Crippen molar-refractivity contribution in [1.82, 2.24) is 15.8 Å². The molecule has 3 heteroatoms. The molecule has 0 aromatic carbocycles. The summed E-state index contributed by atoms with van der Waals surface area (Å²) in [7, 11) is 1.88. The van der Waals surface area contributed by atoms with Crippen molar-refractivity contribution in [3.05, 3.63) is 41.4 Å². The van der Waals surface area contributed by atoms with Crippen molar-refractivity contribution in [3.8, 4) is 0 Å². The van der Waals surface area contributed by atoms with Crippen LogP contribution in [0.5, 0.6) is 0 Å². The molecule has 3 nitrogen and oxygen atoms in total. The van der Waals surface area contributed by atoms with Crippen molar-refractivity contribution in [2.75, 3.05) is 7.05 Å². The lowest BCUT2D eigenvalue weighted by atomic mass is 10.1. The van der Waals surface area contributed by atoms with Crippen molar-refractivity contribution < 1.29 is 0 Å². The van der Waals surface area contributed by atoms with Gasteiger partial charge in [0.1, 0.15) is 0 Å². The molecule has 0 aliphatic carbocycles. The van der Waals surface area contributed by atoms with Crippen LogP contribution in [-0.2, 0) is 6.42 Å². The number of pyridine rings is 1. The van der Waals surface area contributed by atoms with Crippen LogP contribution in [0, 0.1) is 12.8 Å². The van der Waals surface area contributed by atoms with Crippen LogP contribution in [0.2, 0.25) is 0 Å². The van der Waals surface area contributed by atoms with E-state index in [1.807, 2.05) is 19.4 Å². The van der Waals surface area contributed by atoms with E-state index in [1.54, 1.807) is 0 Å². The highest BCUT2D eigenvalue weighted by Crippen LogP contribution is 2.08. The second kappa shape index (κ2) is 6.28. The Hall–Kier alpha value is -1.35. The van der Waals surface area contributed by atoms with Crippen molar-refractivity contribution in [2.45, 2.75) is 27.2 Å². The fourth-order valence-electron chi connectivity index (χ4n) is 1.53. The summed E-state index contributed by atoms with van der Waals surface area (Å²) in [5.41, 5.74) is 9.79. The zero-order valence-corrected chi connectivity index (χ0v) is 10.5. The molecule has 1 rings (SSSR count). The molecular weight excluding hydrogens is 198 g/mol. The Bertz CT molecular complexity index is 356. The molecule has 1 aromatic rings. The Labute approximate surface area is 98.0 Å². The molecule has 0 radical (unpaired) electrons. The first kappa shape index (κ1) is 12.7. The number of allylic oxidation sites excluding steroid dienone is 2. The van der Waals surface area contributed by atoms with Gasteiger partial charge < -0.3 is 5.43 Å². The Morgan fingerprint density at radius 1 is 1.44 bits per heavy atom. The van der Waals surface area contributed by atoms with E-state index >= 15 is 0 Å². The van der Waals surface area contributed by atoms with E-state index in [0.29, 0.717) is 5.92 Å². The predicted octanol–water partition coefficient (Wildman–Crippen LogP) is 2.20. The molecule has 0 unspecified atom stereocenters. The van der Waals surface area contributed by atoms with E-state index in [9.17, 15) is 0 Å². The minimum atomic E-state index is 0.491. The SMILES string of the molecule is CNN/C(=C\Cc1cncc(C)c1)C(C)C. The highest BCUT2D eigenvalue weighted by atomic mass is 15.3. The van der Waals surface area contributed by atoms with Gasteiger partial charge in [-0.25, -0.2) is 5.43 Å². The molecule has 1 heterocycles. The molecule has 0 aliphatic rings. The van der Waals surface area contributed by atoms with E-state index in [-0.39, 0.29) is 0 Å². The zero-order valence-electron chi connectivity index (χ0n) is 10.5. The number of aromatic nitrogens is 1. The molecule has 0 spiro atoms. The third-order valence-electron chi connectivity index (χ3n) is 2.38. The lowest BCUT2D eigenvalue weighted by Crippen LogP contribution is -2.29. The van der Waals surface area contributed by atoms with E-state index in [4.69, 9.17) is 0 Å². The highest BCUT2D eigenvalue weighted by molar-refractivity contribution is 5.20. The van der Waals surface area contributed by atoms with Crippen molar-refractivity contribution in [2.24, 2.45) is 5.92 Å². The van der Waals surface area contributed by atoms with Gasteiger partial charge >= 0.3 is 0 Å². The molecule has 2 N–H and O–H groups in total. The largest absolute Gasteiger partial charge is 0.326 e. The van der Waals surface area contributed by atoms with Gasteiger partial charge in [-0.3, -0.25) is 4.98 Å². The lowest BCUT2D eigenvalue weighted by molar-refractivity contribution is 0.591. The summed E-state index contributed by atoms with van der Waals surface area (Å²) in [6.07, 6.45) is 6.91. The predicted molar refractivity (Wildman–Crippen MR) is 67.8 cm³/mol. The molecule has 0 saturated heterocycles. The van der Waals surface area contributed by atoms with Crippen molar-refractivity contribution in [1.29, 1.82) is 0 Å². The third kappa shape index (κ3) is 4.03. The Morgan fingerprint density at radius 3 is 2.75 bits per heavy atom. The van der Waals surface area contributed by atoms with Crippen molar-refractivity contribution in [3.63, 3.8) is 0 Å². The Balaban J connectivity index is 2.69. The summed E-state index contributed by atoms with van der Waals surface area (Å²) in [5.74, 6) is 0.491. The minimum absolute atomic E-state index is 0.491. The van der Waals surface area contributed by atoms with Crippen LogP contribution in [0.4, 0.5) is 0 Å². The van der Waals surface area contributed by atoms with Gasteiger partial charge in [0, 0.05) is 25.1 Å². The van der Waals surface area contributed by atoms with Crippen LogP contribution in [0.3, 0.4) is 0 Å². The van der Waals surface area contributed by atoms with Crippen LogP contribution < -0.4 is 10.9 Å². The van der Waals surface area contributed by atoms with Crippen LogP contribution in [0.15, 0.2) is 30.2 Å². The van der Waals surface area contributed by atoms with E-state index < -0.39 is 0 Å². The topological polar surface area (TPSA) is 37.0 Å². The number of rotatable bonds is 5. The molecule has 0 atom stereocenters. The molecule has 0 amide bonds. The van der Waals surface area contributed by atoms with Crippen LogP contribution in [0.1, 0.15) is 25.0 Å². The number of hydrogen-bond acceptors (Lipinski definition) is 3. The summed E-state index contributed by atoms with van der Waals surface area (Å²) in [5, 5.41) is 0. The number of hydrazine groups is 1. The van der Waals surface area contributed by atoms with Gasteiger partial charge in [-0.05, 0) is 30.4 Å². The second-order valence-electron chi connectivity index (χ2n) is 4.26. The smallest absolute Gasteiger partial charge is 0.0303 e. The minimum Gasteiger partial charge on any atom is -0.326 e. The summed E-state index contributed by atoms with van der Waals surface area (Å²) < 4.78 is 0. The summed E-state index contributed by atoms with van der Waals surface area (Å²) in [4.78, 5) is 4.19. The molecule has 1 aromatic heterocycles. The fourth-order valence-corrected chi connectivity index (χ4v) is 1.53. The zero-order chi connectivity index (χ0) is 12.0. The fraction of sp³-hybridized carbons (Fsp3) is 0.462. The van der Waals surface area contributed by atoms with Gasteiger partial charge in [-0.1, -0.05) is 26.0 Å². The average Bonchev–Trinajstić information content (AvgIpc) is 2.24. The molecule has 0 bridgehead atoms. The van der Waals surface area contributed by atoms with E-state index in [0.717, 1.165) is 6.42 Å². The maximum atomic E-state index is 4.19. The second-order valence-corrected chi connectivity index (χ2v) is 4.26. The van der Waals surface area contributed by atoms with Crippen LogP contribution >= 0.6 is 0 Å². The molecule has 16 heavy (non-hydrogen) atoms. The van der Waals surface area contributed by atoms with Gasteiger partial charge in [-0.2, -0.15) is 0 Å². The summed E-state index contributed by atoms with van der Waals surface area (Å²) in [6.45, 7) is 6.41. The Morgan fingerprint density at radius 2 is 2.19 bits per heavy atom. The van der Waals surface area contributed by atoms with Crippen LogP contribution in [0.25, 0.3) is 0 Å². The Kier molecular flexibility index (Phi) is 4.99. The van der Waals surface area contributed by atoms with Gasteiger partial charge in [0.05, 0.1) is 0 Å². The first-order chi connectivity index (χ1) is 7.63. The first-order valence-electron chi connectivity index (χ1n) is 5.66. The highest BCUT2D eigenvalue weighted by Gasteiger charge is 2.01. The number of nitrogens with one attached hydrogen (secondary N) is 2. The summed E-state index contributed by atoms with van der Waals surface area (Å²) in [6, 6.07) is 2.17. The monoisotopic (exact) mass is 219 g/mol. The molecule has 0 fully saturated rings. The van der Waals surface area contributed by atoms with Crippen LogP contribution in [-0.4, -0.2) is 12.0 Å². The maximum absolute atomic E-state index is 4.19.